The van der Waals surface area contributed by atoms with Crippen molar-refractivity contribution in [1.29, 1.82) is 0 Å². The van der Waals surface area contributed by atoms with Crippen LogP contribution in [0.4, 0.5) is 0 Å². The standard InChI is InChI=1S/C30H43N5O5/c1-18(2)14-23(26(36)30(6)17-40-30)32-27(37)22(13-12-21-10-8-7-9-11-21)31-28(38)24(15-19(3)4)33-29(39)25-16-20(5)34-35-25/h7-11,16,18-19,22-24H,12-15,17H2,1-6H3,(H,31,38)(H,32,37)(H,33,39)(H,34,35)/t22-,23-,24-,30+/m0/s1. The van der Waals surface area contributed by atoms with Crippen molar-refractivity contribution < 1.29 is 23.9 Å². The third kappa shape index (κ3) is 9.01. The zero-order chi connectivity index (χ0) is 29.4. The van der Waals surface area contributed by atoms with Crippen molar-refractivity contribution in [2.45, 2.75) is 91.0 Å². The lowest BCUT2D eigenvalue weighted by molar-refractivity contribution is -0.133. The molecule has 10 heteroatoms. The molecule has 1 fully saturated rings. The van der Waals surface area contributed by atoms with Crippen LogP contribution in [0, 0.1) is 18.8 Å². The van der Waals surface area contributed by atoms with E-state index in [-0.39, 0.29) is 23.3 Å². The number of hydrogen-bond donors (Lipinski definition) is 4. The lowest BCUT2D eigenvalue weighted by atomic mass is 9.93. The molecule has 0 bridgehead atoms. The number of Topliss-reactive ketones (excluding diaryl/α,β-unsaturated/α-hetero) is 1. The van der Waals surface area contributed by atoms with Gasteiger partial charge in [-0.2, -0.15) is 5.10 Å². The first kappa shape index (κ1) is 31.0. The van der Waals surface area contributed by atoms with Crippen LogP contribution in [0.2, 0.25) is 0 Å². The third-order valence-corrected chi connectivity index (χ3v) is 6.90. The molecule has 3 amide bonds. The van der Waals surface area contributed by atoms with Gasteiger partial charge in [0.25, 0.3) is 5.91 Å². The monoisotopic (exact) mass is 553 g/mol. The van der Waals surface area contributed by atoms with Gasteiger partial charge in [0.05, 0.1) is 12.6 Å². The summed E-state index contributed by atoms with van der Waals surface area (Å²) in [4.78, 5) is 53.1. The Hall–Kier alpha value is -3.53. The number of nitrogens with zero attached hydrogens (tertiary/aromatic N) is 1. The molecule has 0 unspecified atom stereocenters. The van der Waals surface area contributed by atoms with Crippen LogP contribution in [0.1, 0.15) is 75.6 Å². The van der Waals surface area contributed by atoms with E-state index < -0.39 is 41.4 Å². The minimum atomic E-state index is -0.915. The number of benzene rings is 1. The van der Waals surface area contributed by atoms with Crippen molar-refractivity contribution in [3.63, 3.8) is 0 Å². The van der Waals surface area contributed by atoms with Crippen LogP contribution in [-0.4, -0.2) is 64.0 Å². The van der Waals surface area contributed by atoms with Gasteiger partial charge < -0.3 is 20.7 Å². The second kappa shape index (κ2) is 13.7. The molecule has 0 radical (unpaired) electrons. The van der Waals surface area contributed by atoms with Gasteiger partial charge in [0.1, 0.15) is 23.4 Å². The predicted molar refractivity (Wildman–Crippen MR) is 151 cm³/mol. The molecule has 2 aromatic rings. The number of aromatic nitrogens is 2. The van der Waals surface area contributed by atoms with Crippen molar-refractivity contribution in [2.75, 3.05) is 6.61 Å². The maximum Gasteiger partial charge on any atom is 0.272 e. The molecule has 0 aliphatic carbocycles. The van der Waals surface area contributed by atoms with Crippen LogP contribution in [0.15, 0.2) is 36.4 Å². The average Bonchev–Trinajstić information content (AvgIpc) is 3.50. The van der Waals surface area contributed by atoms with Gasteiger partial charge in [-0.25, -0.2) is 0 Å². The van der Waals surface area contributed by atoms with Crippen LogP contribution in [-0.2, 0) is 25.5 Å². The molecular weight excluding hydrogens is 510 g/mol. The Balaban J connectivity index is 1.78. The molecule has 40 heavy (non-hydrogen) atoms. The molecule has 1 aliphatic heterocycles. The lowest BCUT2D eigenvalue weighted by Crippen LogP contribution is -2.57. The summed E-state index contributed by atoms with van der Waals surface area (Å²) in [5, 5.41) is 15.3. The first-order chi connectivity index (χ1) is 18.9. The topological polar surface area (TPSA) is 146 Å². The number of carbonyl (C=O) groups excluding carboxylic acids is 4. The number of rotatable bonds is 15. The molecule has 4 atom stereocenters. The van der Waals surface area contributed by atoms with E-state index >= 15 is 0 Å². The van der Waals surface area contributed by atoms with Crippen LogP contribution < -0.4 is 16.0 Å². The summed E-state index contributed by atoms with van der Waals surface area (Å²) in [6.07, 6.45) is 1.69. The molecule has 1 aliphatic rings. The molecule has 1 aromatic heterocycles. The summed E-state index contributed by atoms with van der Waals surface area (Å²) in [7, 11) is 0. The fourth-order valence-corrected chi connectivity index (χ4v) is 4.56. The Morgan fingerprint density at radius 3 is 2.05 bits per heavy atom. The fraction of sp³-hybridized carbons (Fsp3) is 0.567. The summed E-state index contributed by atoms with van der Waals surface area (Å²) in [6, 6.07) is 8.75. The molecular formula is C30H43N5O5. The molecule has 3 rings (SSSR count). The Morgan fingerprint density at radius 1 is 0.925 bits per heavy atom. The molecule has 2 heterocycles. The van der Waals surface area contributed by atoms with Crippen molar-refractivity contribution in [3.8, 4) is 0 Å². The number of amides is 3. The lowest BCUT2D eigenvalue weighted by Gasteiger charge is -2.27. The summed E-state index contributed by atoms with van der Waals surface area (Å²) in [5.74, 6) is -1.29. The first-order valence-corrected chi connectivity index (χ1v) is 14.0. The molecule has 1 saturated heterocycles. The number of carbonyl (C=O) groups is 4. The molecule has 4 N–H and O–H groups in total. The van der Waals surface area contributed by atoms with Crippen molar-refractivity contribution >= 4 is 23.5 Å². The number of epoxide rings is 1. The number of ketones is 1. The maximum atomic E-state index is 13.6. The van der Waals surface area contributed by atoms with Crippen LogP contribution >= 0.6 is 0 Å². The zero-order valence-corrected chi connectivity index (χ0v) is 24.4. The number of nitrogens with one attached hydrogen (secondary N) is 4. The van der Waals surface area contributed by atoms with Gasteiger partial charge in [-0.3, -0.25) is 24.3 Å². The minimum absolute atomic E-state index is 0.0981. The van der Waals surface area contributed by atoms with Gasteiger partial charge in [-0.15, -0.1) is 0 Å². The van der Waals surface area contributed by atoms with Gasteiger partial charge in [-0.05, 0) is 63.0 Å². The Kier molecular flexibility index (Phi) is 10.6. The number of ether oxygens (including phenoxy) is 1. The van der Waals surface area contributed by atoms with E-state index in [1.54, 1.807) is 19.9 Å². The second-order valence-corrected chi connectivity index (χ2v) is 11.8. The highest BCUT2D eigenvalue weighted by molar-refractivity contribution is 5.99. The molecule has 218 valence electrons. The van der Waals surface area contributed by atoms with Crippen LogP contribution in [0.3, 0.4) is 0 Å². The summed E-state index contributed by atoms with van der Waals surface area (Å²) < 4.78 is 5.36. The smallest absolute Gasteiger partial charge is 0.272 e. The fourth-order valence-electron chi connectivity index (χ4n) is 4.56. The number of H-pyrrole nitrogens is 1. The van der Waals surface area contributed by atoms with E-state index in [1.807, 2.05) is 58.0 Å². The summed E-state index contributed by atoms with van der Waals surface area (Å²) in [5.41, 5.74) is 1.04. The first-order valence-electron chi connectivity index (χ1n) is 14.0. The molecule has 0 saturated carbocycles. The molecule has 1 aromatic carbocycles. The summed E-state index contributed by atoms with van der Waals surface area (Å²) >= 11 is 0. The quantitative estimate of drug-likeness (QED) is 0.250. The number of aromatic amines is 1. The van der Waals surface area contributed by atoms with E-state index in [9.17, 15) is 19.2 Å². The highest BCUT2D eigenvalue weighted by atomic mass is 16.6. The third-order valence-electron chi connectivity index (χ3n) is 6.90. The zero-order valence-electron chi connectivity index (χ0n) is 24.4. The molecule has 10 nitrogen and oxygen atoms in total. The van der Waals surface area contributed by atoms with Gasteiger partial charge in [-0.1, -0.05) is 58.0 Å². The minimum Gasteiger partial charge on any atom is -0.361 e. The number of aryl methyl sites for hydroxylation is 2. The Bertz CT molecular complexity index is 1170. The van der Waals surface area contributed by atoms with E-state index in [1.165, 1.54) is 0 Å². The average molecular weight is 554 g/mol. The number of hydrogen-bond acceptors (Lipinski definition) is 6. The normalized spacial score (nSPS) is 18.6. The van der Waals surface area contributed by atoms with Gasteiger partial charge in [0.15, 0.2) is 5.78 Å². The van der Waals surface area contributed by atoms with Crippen molar-refractivity contribution in [2.24, 2.45) is 11.8 Å². The largest absolute Gasteiger partial charge is 0.361 e. The highest BCUT2D eigenvalue weighted by Crippen LogP contribution is 2.29. The Morgan fingerprint density at radius 2 is 1.50 bits per heavy atom. The van der Waals surface area contributed by atoms with Gasteiger partial charge >= 0.3 is 0 Å². The van der Waals surface area contributed by atoms with E-state index in [2.05, 4.69) is 26.1 Å². The van der Waals surface area contributed by atoms with E-state index in [0.717, 1.165) is 11.3 Å². The van der Waals surface area contributed by atoms with E-state index in [0.29, 0.717) is 32.3 Å². The van der Waals surface area contributed by atoms with E-state index in [4.69, 9.17) is 4.74 Å². The summed E-state index contributed by atoms with van der Waals surface area (Å²) in [6.45, 7) is 11.7. The van der Waals surface area contributed by atoms with Crippen molar-refractivity contribution in [1.82, 2.24) is 26.1 Å². The molecule has 0 spiro atoms. The second-order valence-electron chi connectivity index (χ2n) is 11.8. The Labute approximate surface area is 236 Å². The van der Waals surface area contributed by atoms with Crippen molar-refractivity contribution in [3.05, 3.63) is 53.3 Å². The SMILES string of the molecule is Cc1cc(C(=O)N[C@@H](CC(C)C)C(=O)N[C@@H](CCc2ccccc2)C(=O)N[C@@H](CC(C)C)C(=O)[C@@]2(C)CO2)n[nH]1. The van der Waals surface area contributed by atoms with Crippen LogP contribution in [0.5, 0.6) is 0 Å². The maximum absolute atomic E-state index is 13.6. The van der Waals surface area contributed by atoms with Gasteiger partial charge in [0, 0.05) is 5.69 Å². The predicted octanol–water partition coefficient (Wildman–Crippen LogP) is 2.87. The van der Waals surface area contributed by atoms with Crippen LogP contribution in [0.25, 0.3) is 0 Å². The van der Waals surface area contributed by atoms with Gasteiger partial charge in [0.2, 0.25) is 11.8 Å². The highest BCUT2D eigenvalue weighted by Gasteiger charge is 2.50.